The van der Waals surface area contributed by atoms with E-state index >= 15 is 0 Å². The van der Waals surface area contributed by atoms with Crippen LogP contribution < -0.4 is 10.9 Å². The summed E-state index contributed by atoms with van der Waals surface area (Å²) >= 11 is 0. The topological polar surface area (TPSA) is 46.9 Å². The minimum atomic E-state index is 0.0208. The molecule has 3 atom stereocenters. The zero-order valence-corrected chi connectivity index (χ0v) is 11.6. The standard InChI is InChI=1S/C15H23N3O/c1-2-6-18-7-5-16-14(15(18)19)17-10-13-9-11-3-4-12(13)8-11/h5,7,11-13H,2-4,6,8-10H2,1H3,(H,16,17). The molecule has 2 aliphatic carbocycles. The Kier molecular flexibility index (Phi) is 3.58. The van der Waals surface area contributed by atoms with Crippen molar-refractivity contribution in [1.82, 2.24) is 9.55 Å². The van der Waals surface area contributed by atoms with Crippen molar-refractivity contribution in [3.8, 4) is 0 Å². The molecule has 0 aliphatic heterocycles. The van der Waals surface area contributed by atoms with E-state index < -0.39 is 0 Å². The van der Waals surface area contributed by atoms with Crippen molar-refractivity contribution in [3.05, 3.63) is 22.7 Å². The van der Waals surface area contributed by atoms with E-state index in [0.717, 1.165) is 37.3 Å². The summed E-state index contributed by atoms with van der Waals surface area (Å²) in [5, 5.41) is 3.29. The molecule has 0 saturated heterocycles. The molecule has 0 radical (unpaired) electrons. The first-order valence-electron chi connectivity index (χ1n) is 7.57. The largest absolute Gasteiger partial charge is 0.365 e. The SMILES string of the molecule is CCCn1ccnc(NCC2CC3CCC2C3)c1=O. The Hall–Kier alpha value is -1.32. The Morgan fingerprint density at radius 2 is 2.32 bits per heavy atom. The first-order valence-corrected chi connectivity index (χ1v) is 7.57. The fourth-order valence-electron chi connectivity index (χ4n) is 3.84. The van der Waals surface area contributed by atoms with Crippen LogP contribution in [0.25, 0.3) is 0 Å². The molecule has 2 saturated carbocycles. The van der Waals surface area contributed by atoms with Crippen LogP contribution in [0.1, 0.15) is 39.0 Å². The Morgan fingerprint density at radius 3 is 3.00 bits per heavy atom. The summed E-state index contributed by atoms with van der Waals surface area (Å²) in [5.74, 6) is 3.12. The van der Waals surface area contributed by atoms with Crippen LogP contribution in [0.4, 0.5) is 5.82 Å². The quantitative estimate of drug-likeness (QED) is 0.886. The maximum Gasteiger partial charge on any atom is 0.293 e. The molecule has 4 nitrogen and oxygen atoms in total. The molecular weight excluding hydrogens is 238 g/mol. The van der Waals surface area contributed by atoms with Crippen LogP contribution in [-0.4, -0.2) is 16.1 Å². The lowest BCUT2D eigenvalue weighted by Crippen LogP contribution is -2.27. The number of nitrogens with zero attached hydrogens (tertiary/aromatic N) is 2. The van der Waals surface area contributed by atoms with Crippen molar-refractivity contribution in [3.63, 3.8) is 0 Å². The number of hydrogen-bond acceptors (Lipinski definition) is 3. The van der Waals surface area contributed by atoms with E-state index in [4.69, 9.17) is 0 Å². The third-order valence-electron chi connectivity index (χ3n) is 4.79. The van der Waals surface area contributed by atoms with Crippen LogP contribution in [0.15, 0.2) is 17.2 Å². The maximum atomic E-state index is 12.2. The number of anilines is 1. The first kappa shape index (κ1) is 12.7. The first-order chi connectivity index (χ1) is 9.28. The zero-order valence-electron chi connectivity index (χ0n) is 11.6. The monoisotopic (exact) mass is 261 g/mol. The lowest BCUT2D eigenvalue weighted by molar-refractivity contribution is 0.348. The van der Waals surface area contributed by atoms with Crippen LogP contribution in [-0.2, 0) is 6.54 Å². The zero-order chi connectivity index (χ0) is 13.2. The van der Waals surface area contributed by atoms with Gasteiger partial charge in [0.05, 0.1) is 0 Å². The summed E-state index contributed by atoms with van der Waals surface area (Å²) in [5.41, 5.74) is 0.0208. The van der Waals surface area contributed by atoms with E-state index in [0.29, 0.717) is 5.82 Å². The second-order valence-electron chi connectivity index (χ2n) is 6.09. The van der Waals surface area contributed by atoms with E-state index in [1.54, 1.807) is 17.0 Å². The van der Waals surface area contributed by atoms with E-state index in [9.17, 15) is 4.79 Å². The van der Waals surface area contributed by atoms with Crippen molar-refractivity contribution in [2.75, 3.05) is 11.9 Å². The second kappa shape index (κ2) is 5.35. The summed E-state index contributed by atoms with van der Waals surface area (Å²) in [6.45, 7) is 3.76. The van der Waals surface area contributed by atoms with E-state index in [1.807, 2.05) is 0 Å². The van der Waals surface area contributed by atoms with Crippen LogP contribution in [0.5, 0.6) is 0 Å². The van der Waals surface area contributed by atoms with E-state index in [2.05, 4.69) is 17.2 Å². The molecule has 1 N–H and O–H groups in total. The molecule has 4 heteroatoms. The third kappa shape index (κ3) is 2.53. The minimum Gasteiger partial charge on any atom is -0.365 e. The summed E-state index contributed by atoms with van der Waals surface area (Å²) in [6, 6.07) is 0. The molecule has 3 unspecified atom stereocenters. The predicted molar refractivity (Wildman–Crippen MR) is 76.2 cm³/mol. The lowest BCUT2D eigenvalue weighted by atomic mass is 9.89. The minimum absolute atomic E-state index is 0.0208. The number of rotatable bonds is 5. The number of hydrogen-bond donors (Lipinski definition) is 1. The van der Waals surface area contributed by atoms with Gasteiger partial charge in [0.2, 0.25) is 0 Å². The van der Waals surface area contributed by atoms with E-state index in [-0.39, 0.29) is 5.56 Å². The summed E-state index contributed by atoms with van der Waals surface area (Å²) in [4.78, 5) is 16.4. The van der Waals surface area contributed by atoms with Crippen LogP contribution in [0.3, 0.4) is 0 Å². The van der Waals surface area contributed by atoms with Gasteiger partial charge in [-0.25, -0.2) is 4.98 Å². The number of aromatic nitrogens is 2. The van der Waals surface area contributed by atoms with Gasteiger partial charge in [0.1, 0.15) is 0 Å². The van der Waals surface area contributed by atoms with Gasteiger partial charge in [-0.05, 0) is 43.4 Å². The maximum absolute atomic E-state index is 12.2. The Bertz CT molecular complexity index is 496. The second-order valence-corrected chi connectivity index (χ2v) is 6.09. The van der Waals surface area contributed by atoms with Gasteiger partial charge in [-0.2, -0.15) is 0 Å². The van der Waals surface area contributed by atoms with Crippen molar-refractivity contribution in [1.29, 1.82) is 0 Å². The van der Waals surface area contributed by atoms with Crippen LogP contribution >= 0.6 is 0 Å². The summed E-state index contributed by atoms with van der Waals surface area (Å²) in [7, 11) is 0. The lowest BCUT2D eigenvalue weighted by Gasteiger charge is -2.22. The van der Waals surface area contributed by atoms with Gasteiger partial charge in [0, 0.05) is 25.5 Å². The van der Waals surface area contributed by atoms with Gasteiger partial charge in [-0.3, -0.25) is 4.79 Å². The average molecular weight is 261 g/mol. The van der Waals surface area contributed by atoms with Gasteiger partial charge < -0.3 is 9.88 Å². The molecule has 1 heterocycles. The number of aryl methyl sites for hydroxylation is 1. The Balaban J connectivity index is 1.64. The predicted octanol–water partition coefficient (Wildman–Crippen LogP) is 2.50. The van der Waals surface area contributed by atoms with Crippen molar-refractivity contribution in [2.45, 2.75) is 45.6 Å². The summed E-state index contributed by atoms with van der Waals surface area (Å²) in [6.07, 6.45) is 10.0. The van der Waals surface area contributed by atoms with Crippen molar-refractivity contribution in [2.24, 2.45) is 17.8 Å². The molecule has 2 fully saturated rings. The molecule has 2 aliphatic rings. The summed E-state index contributed by atoms with van der Waals surface area (Å²) < 4.78 is 1.75. The van der Waals surface area contributed by atoms with Gasteiger partial charge >= 0.3 is 0 Å². The highest BCUT2D eigenvalue weighted by atomic mass is 16.1. The Morgan fingerprint density at radius 1 is 1.42 bits per heavy atom. The third-order valence-corrected chi connectivity index (χ3v) is 4.79. The number of fused-ring (bicyclic) bond motifs is 2. The Labute approximate surface area is 114 Å². The molecule has 1 aromatic heterocycles. The highest BCUT2D eigenvalue weighted by molar-refractivity contribution is 5.30. The molecule has 3 rings (SSSR count). The molecular formula is C15H23N3O. The fraction of sp³-hybridized carbons (Fsp3) is 0.733. The molecule has 104 valence electrons. The highest BCUT2D eigenvalue weighted by Gasteiger charge is 2.39. The molecule has 0 spiro atoms. The van der Waals surface area contributed by atoms with Crippen molar-refractivity contribution >= 4 is 5.82 Å². The van der Waals surface area contributed by atoms with Gasteiger partial charge in [0.25, 0.3) is 5.56 Å². The molecule has 0 amide bonds. The van der Waals surface area contributed by atoms with Crippen LogP contribution in [0, 0.1) is 17.8 Å². The van der Waals surface area contributed by atoms with Crippen LogP contribution in [0.2, 0.25) is 0 Å². The molecule has 2 bridgehead atoms. The van der Waals surface area contributed by atoms with Crippen molar-refractivity contribution < 1.29 is 0 Å². The molecule has 0 aromatic carbocycles. The van der Waals surface area contributed by atoms with E-state index in [1.165, 1.54) is 25.7 Å². The fourth-order valence-corrected chi connectivity index (χ4v) is 3.84. The number of nitrogens with one attached hydrogen (secondary N) is 1. The normalized spacial score (nSPS) is 28.8. The van der Waals surface area contributed by atoms with Gasteiger partial charge in [-0.15, -0.1) is 0 Å². The molecule has 1 aromatic rings. The smallest absolute Gasteiger partial charge is 0.293 e. The molecule has 19 heavy (non-hydrogen) atoms. The van der Waals surface area contributed by atoms with Gasteiger partial charge in [0.15, 0.2) is 5.82 Å². The van der Waals surface area contributed by atoms with Gasteiger partial charge in [-0.1, -0.05) is 13.3 Å². The average Bonchev–Trinajstić information content (AvgIpc) is 3.02. The highest BCUT2D eigenvalue weighted by Crippen LogP contribution is 2.48.